The van der Waals surface area contributed by atoms with Gasteiger partial charge in [0.25, 0.3) is 0 Å². The van der Waals surface area contributed by atoms with Crippen LogP contribution in [0.1, 0.15) is 42.9 Å². The molecule has 3 heterocycles. The number of nitrogens with zero attached hydrogens (tertiary/aromatic N) is 4. The predicted octanol–water partition coefficient (Wildman–Crippen LogP) is 4.10. The summed E-state index contributed by atoms with van der Waals surface area (Å²) in [6.07, 6.45) is 7.65. The third-order valence-corrected chi connectivity index (χ3v) is 7.62. The van der Waals surface area contributed by atoms with Crippen LogP contribution in [0.5, 0.6) is 0 Å². The average Bonchev–Trinajstić information content (AvgIpc) is 3.44. The number of aliphatic hydroxyl groups excluding tert-OH is 1. The first-order valence-corrected chi connectivity index (χ1v) is 12.2. The monoisotopic (exact) mass is 441 g/mol. The highest BCUT2D eigenvalue weighted by Crippen LogP contribution is 2.32. The second-order valence-corrected chi connectivity index (χ2v) is 9.78. The third-order valence-electron chi connectivity index (χ3n) is 6.52. The van der Waals surface area contributed by atoms with Crippen molar-refractivity contribution in [1.29, 1.82) is 0 Å². The fourth-order valence-electron chi connectivity index (χ4n) is 4.38. The van der Waals surface area contributed by atoms with Gasteiger partial charge in [0.2, 0.25) is 0 Å². The maximum absolute atomic E-state index is 11.2. The van der Waals surface area contributed by atoms with E-state index >= 15 is 0 Å². The van der Waals surface area contributed by atoms with Gasteiger partial charge in [0, 0.05) is 55.5 Å². The Morgan fingerprint density at radius 1 is 1.23 bits per heavy atom. The van der Waals surface area contributed by atoms with E-state index in [2.05, 4.69) is 76.1 Å². The van der Waals surface area contributed by atoms with E-state index in [1.165, 1.54) is 16.5 Å². The Morgan fingerprint density at radius 2 is 2.00 bits per heavy atom. The number of hydrogen-bond acceptors (Lipinski definition) is 6. The molecule has 0 bridgehead atoms. The molecule has 0 spiro atoms. The number of aromatic amines is 1. The van der Waals surface area contributed by atoms with E-state index in [1.54, 1.807) is 11.3 Å². The molecule has 6 nitrogen and oxygen atoms in total. The van der Waals surface area contributed by atoms with Gasteiger partial charge in [-0.2, -0.15) is 0 Å². The zero-order valence-corrected chi connectivity index (χ0v) is 19.7. The zero-order valence-electron chi connectivity index (χ0n) is 18.9. The van der Waals surface area contributed by atoms with E-state index in [9.17, 15) is 5.11 Å². The number of fused-ring (bicyclic) bond motifs is 1. The topological polar surface area (TPSA) is 58.6 Å². The van der Waals surface area contributed by atoms with Gasteiger partial charge >= 0.3 is 0 Å². The molecule has 168 valence electrons. The van der Waals surface area contributed by atoms with Crippen molar-refractivity contribution in [2.24, 2.45) is 0 Å². The minimum Gasteiger partial charge on any atom is -0.373 e. The van der Waals surface area contributed by atoms with Crippen molar-refractivity contribution in [2.45, 2.75) is 44.9 Å². The second kappa shape index (κ2) is 10.1. The molecule has 2 aromatic heterocycles. The van der Waals surface area contributed by atoms with Crippen LogP contribution in [0.4, 0.5) is 5.13 Å². The van der Waals surface area contributed by atoms with Gasteiger partial charge in [-0.25, -0.2) is 4.98 Å². The number of H-pyrrole nitrogens is 1. The summed E-state index contributed by atoms with van der Waals surface area (Å²) in [5.41, 5.74) is 2.49. The molecule has 7 heteroatoms. The molecule has 31 heavy (non-hydrogen) atoms. The summed E-state index contributed by atoms with van der Waals surface area (Å²) < 4.78 is 0. The van der Waals surface area contributed by atoms with Crippen molar-refractivity contribution in [3.8, 4) is 0 Å². The normalized spacial score (nSPS) is 17.5. The highest BCUT2D eigenvalue weighted by Gasteiger charge is 2.26. The zero-order chi connectivity index (χ0) is 21.8. The van der Waals surface area contributed by atoms with Crippen molar-refractivity contribution < 1.29 is 5.11 Å². The van der Waals surface area contributed by atoms with Crippen molar-refractivity contribution in [1.82, 2.24) is 19.8 Å². The van der Waals surface area contributed by atoms with E-state index in [1.807, 2.05) is 6.20 Å². The van der Waals surface area contributed by atoms with Crippen LogP contribution in [-0.2, 0) is 6.42 Å². The molecule has 1 aliphatic heterocycles. The highest BCUT2D eigenvalue weighted by atomic mass is 32.1. The highest BCUT2D eigenvalue weighted by molar-refractivity contribution is 7.15. The lowest BCUT2D eigenvalue weighted by atomic mass is 9.99. The number of nitrogens with one attached hydrogen (secondary N) is 1. The Balaban J connectivity index is 1.48. The van der Waals surface area contributed by atoms with Gasteiger partial charge in [0.15, 0.2) is 5.13 Å². The number of unbranched alkanes of at least 4 members (excludes halogenated alkanes) is 1. The van der Waals surface area contributed by atoms with Gasteiger partial charge in [-0.1, -0.05) is 49.3 Å². The summed E-state index contributed by atoms with van der Waals surface area (Å²) in [4.78, 5) is 15.8. The molecule has 0 radical (unpaired) electrons. The second-order valence-electron chi connectivity index (χ2n) is 8.73. The Bertz CT molecular complexity index is 962. The SMILES string of the molecule is CCCCC(Cc1c[nH]c2ccccc12)N(C)C(O)c1cnc(N2CCN(C)CC2)s1. The lowest BCUT2D eigenvalue weighted by Crippen LogP contribution is -2.44. The molecule has 1 fully saturated rings. The fourth-order valence-corrected chi connectivity index (χ4v) is 5.39. The lowest BCUT2D eigenvalue weighted by molar-refractivity contribution is -0.00840. The van der Waals surface area contributed by atoms with Gasteiger partial charge < -0.3 is 19.9 Å². The van der Waals surface area contributed by atoms with Crippen molar-refractivity contribution in [3.63, 3.8) is 0 Å². The van der Waals surface area contributed by atoms with Crippen LogP contribution in [0.2, 0.25) is 0 Å². The minimum absolute atomic E-state index is 0.267. The van der Waals surface area contributed by atoms with Gasteiger partial charge in [-0.15, -0.1) is 0 Å². The first-order valence-electron chi connectivity index (χ1n) is 11.4. The largest absolute Gasteiger partial charge is 0.373 e. The fraction of sp³-hybridized carbons (Fsp3) is 0.542. The molecular formula is C24H35N5OS. The van der Waals surface area contributed by atoms with Crippen LogP contribution >= 0.6 is 11.3 Å². The number of aliphatic hydroxyl groups is 1. The summed E-state index contributed by atoms with van der Waals surface area (Å²) in [5, 5.41) is 13.5. The van der Waals surface area contributed by atoms with Gasteiger partial charge in [-0.3, -0.25) is 4.90 Å². The number of piperazine rings is 1. The van der Waals surface area contributed by atoms with Crippen LogP contribution in [0.3, 0.4) is 0 Å². The quantitative estimate of drug-likeness (QED) is 0.490. The molecule has 1 aliphatic rings. The molecule has 0 saturated carbocycles. The van der Waals surface area contributed by atoms with Crippen molar-refractivity contribution in [2.75, 3.05) is 45.2 Å². The summed E-state index contributed by atoms with van der Waals surface area (Å²) in [5.74, 6) is 0. The van der Waals surface area contributed by atoms with Crippen LogP contribution < -0.4 is 4.90 Å². The summed E-state index contributed by atoms with van der Waals surface area (Å²) in [6.45, 7) is 6.33. The van der Waals surface area contributed by atoms with E-state index in [4.69, 9.17) is 0 Å². The van der Waals surface area contributed by atoms with E-state index in [-0.39, 0.29) is 6.04 Å². The molecule has 0 amide bonds. The van der Waals surface area contributed by atoms with Crippen molar-refractivity contribution in [3.05, 3.63) is 47.1 Å². The Hall–Kier alpha value is -1.93. The van der Waals surface area contributed by atoms with E-state index in [0.717, 1.165) is 61.9 Å². The Kier molecular flexibility index (Phi) is 7.27. The smallest absolute Gasteiger partial charge is 0.185 e. The molecule has 0 aliphatic carbocycles. The molecule has 1 saturated heterocycles. The minimum atomic E-state index is -0.634. The Morgan fingerprint density at radius 3 is 2.77 bits per heavy atom. The molecule has 3 aromatic rings. The number of thiazole rings is 1. The number of likely N-dealkylation sites (N-methyl/N-ethyl adjacent to an activating group) is 2. The van der Waals surface area contributed by atoms with E-state index < -0.39 is 6.23 Å². The molecule has 1 aromatic carbocycles. The first kappa shape index (κ1) is 22.3. The summed E-state index contributed by atoms with van der Waals surface area (Å²) in [6, 6.07) is 8.73. The number of anilines is 1. The van der Waals surface area contributed by atoms with E-state index in [0.29, 0.717) is 0 Å². The van der Waals surface area contributed by atoms with Gasteiger partial charge in [-0.05, 0) is 38.6 Å². The van der Waals surface area contributed by atoms with Crippen LogP contribution in [0.15, 0.2) is 36.7 Å². The maximum Gasteiger partial charge on any atom is 0.185 e. The standard InChI is InChI=1S/C24H35N5OS/c1-4-5-8-19(15-18-16-25-21-10-7-6-9-20(18)21)28(3)23(30)22-17-26-24(31-22)29-13-11-27(2)12-14-29/h6-7,9-10,16-17,19,23,25,30H,4-5,8,11-15H2,1-3H3. The van der Waals surface area contributed by atoms with Crippen molar-refractivity contribution >= 4 is 27.4 Å². The van der Waals surface area contributed by atoms with Gasteiger partial charge in [0.1, 0.15) is 6.23 Å². The number of hydrogen-bond donors (Lipinski definition) is 2. The maximum atomic E-state index is 11.2. The summed E-state index contributed by atoms with van der Waals surface area (Å²) >= 11 is 1.63. The van der Waals surface area contributed by atoms with Crippen LogP contribution in [0, 0.1) is 0 Å². The molecule has 2 unspecified atom stereocenters. The number of para-hydroxylation sites is 1. The predicted molar refractivity (Wildman–Crippen MR) is 130 cm³/mol. The number of aromatic nitrogens is 2. The Labute approximate surface area is 189 Å². The summed E-state index contributed by atoms with van der Waals surface area (Å²) in [7, 11) is 4.21. The molecular weight excluding hydrogens is 406 g/mol. The molecule has 4 rings (SSSR count). The average molecular weight is 442 g/mol. The lowest BCUT2D eigenvalue weighted by Gasteiger charge is -2.32. The molecule has 2 N–H and O–H groups in total. The molecule has 2 atom stereocenters. The third kappa shape index (κ3) is 5.12. The number of benzene rings is 1. The van der Waals surface area contributed by atoms with Crippen LogP contribution in [-0.4, -0.2) is 71.2 Å². The van der Waals surface area contributed by atoms with Crippen LogP contribution in [0.25, 0.3) is 10.9 Å². The first-order chi connectivity index (χ1) is 15.1. The van der Waals surface area contributed by atoms with Gasteiger partial charge in [0.05, 0.1) is 4.88 Å². The number of rotatable bonds is 9.